The summed E-state index contributed by atoms with van der Waals surface area (Å²) in [5.74, 6) is -0.932. The van der Waals surface area contributed by atoms with Crippen LogP contribution < -0.4 is 9.64 Å². The average Bonchev–Trinajstić information content (AvgIpc) is 3.48. The number of piperidine rings is 1. The molecule has 0 spiro atoms. The van der Waals surface area contributed by atoms with E-state index >= 15 is 4.39 Å². The van der Waals surface area contributed by atoms with Crippen molar-refractivity contribution >= 4 is 17.2 Å². The van der Waals surface area contributed by atoms with Crippen molar-refractivity contribution in [3.8, 4) is 28.1 Å². The first-order chi connectivity index (χ1) is 23.6. The second-order valence-electron chi connectivity index (χ2n) is 14.5. The molecule has 4 aromatic rings. The van der Waals surface area contributed by atoms with E-state index in [9.17, 15) is 9.90 Å². The molecule has 1 aliphatic rings. The fraction of sp³-hybridized carbons (Fsp3) is 0.415. The first-order valence-corrected chi connectivity index (χ1v) is 17.3. The maximum Gasteiger partial charge on any atom is 0.337 e. The Kier molecular flexibility index (Phi) is 10.9. The van der Waals surface area contributed by atoms with E-state index in [2.05, 4.69) is 25.0 Å². The van der Waals surface area contributed by atoms with Crippen LogP contribution in [0.15, 0.2) is 74.0 Å². The highest BCUT2D eigenvalue weighted by Gasteiger charge is 2.37. The third kappa shape index (κ3) is 7.95. The molecule has 1 fully saturated rings. The summed E-state index contributed by atoms with van der Waals surface area (Å²) in [5.41, 5.74) is 4.90. The fourth-order valence-corrected chi connectivity index (χ4v) is 6.61. The molecule has 0 amide bonds. The summed E-state index contributed by atoms with van der Waals surface area (Å²) in [4.78, 5) is 15.1. The number of hydrogen-bond donors (Lipinski definition) is 1. The van der Waals surface area contributed by atoms with Crippen molar-refractivity contribution in [1.29, 1.82) is 0 Å². The first-order valence-electron chi connectivity index (χ1n) is 17.3. The molecule has 9 heteroatoms. The summed E-state index contributed by atoms with van der Waals surface area (Å²) in [7, 11) is 0. The molecule has 5 rings (SSSR count). The van der Waals surface area contributed by atoms with E-state index in [0.717, 1.165) is 35.2 Å². The monoisotopic (exact) mass is 683 g/mol. The molecule has 2 unspecified atom stereocenters. The molecular weight excluding hydrogens is 633 g/mol. The number of pyridine rings is 1. The average molecular weight is 684 g/mol. The van der Waals surface area contributed by atoms with Gasteiger partial charge in [-0.3, -0.25) is 0 Å². The molecule has 1 saturated heterocycles. The minimum absolute atomic E-state index is 0.177. The van der Waals surface area contributed by atoms with Crippen LogP contribution in [0.25, 0.3) is 27.9 Å². The molecule has 0 bridgehead atoms. The topological polar surface area (TPSA) is 85.5 Å². The highest BCUT2D eigenvalue weighted by atomic mass is 19.1. The van der Waals surface area contributed by atoms with Gasteiger partial charge < -0.3 is 24.2 Å². The van der Waals surface area contributed by atoms with Gasteiger partial charge in [0.2, 0.25) is 0 Å². The number of rotatable bonds is 13. The predicted molar refractivity (Wildman–Crippen MR) is 198 cm³/mol. The predicted octanol–water partition coefficient (Wildman–Crippen LogP) is 9.27. The molecule has 0 aliphatic carbocycles. The van der Waals surface area contributed by atoms with E-state index in [1.54, 1.807) is 25.1 Å². The van der Waals surface area contributed by atoms with Gasteiger partial charge in [-0.15, -0.1) is 13.2 Å². The van der Waals surface area contributed by atoms with Crippen molar-refractivity contribution < 1.29 is 28.5 Å². The number of benzene rings is 2. The van der Waals surface area contributed by atoms with Crippen molar-refractivity contribution in [3.05, 3.63) is 96.5 Å². The summed E-state index contributed by atoms with van der Waals surface area (Å²) in [5, 5.41) is 15.5. The number of halogens is 1. The Balaban J connectivity index is 1.65. The number of fused-ring (bicyclic) bond motifs is 1. The van der Waals surface area contributed by atoms with Gasteiger partial charge in [-0.1, -0.05) is 36.4 Å². The Morgan fingerprint density at radius 2 is 1.78 bits per heavy atom. The lowest BCUT2D eigenvalue weighted by Gasteiger charge is -2.41. The third-order valence-electron chi connectivity index (χ3n) is 9.19. The third-order valence-corrected chi connectivity index (χ3v) is 9.19. The zero-order chi connectivity index (χ0) is 36.4. The minimum atomic E-state index is -1.20. The molecule has 2 aromatic carbocycles. The maximum atomic E-state index is 15.8. The van der Waals surface area contributed by atoms with Crippen molar-refractivity contribution in [2.75, 3.05) is 24.6 Å². The number of hydrogen-bond acceptors (Lipinski definition) is 6. The Morgan fingerprint density at radius 1 is 1.08 bits per heavy atom. The lowest BCUT2D eigenvalue weighted by Crippen LogP contribution is -2.45. The lowest BCUT2D eigenvalue weighted by molar-refractivity contribution is -0.160. The Labute approximate surface area is 295 Å². The second kappa shape index (κ2) is 14.8. The van der Waals surface area contributed by atoms with Gasteiger partial charge in [0.15, 0.2) is 6.10 Å². The number of carbonyl (C=O) groups is 1. The number of aliphatic carboxylic acids is 1. The van der Waals surface area contributed by atoms with Crippen LogP contribution in [0.1, 0.15) is 76.7 Å². The van der Waals surface area contributed by atoms with Crippen LogP contribution in [0.3, 0.4) is 0 Å². The van der Waals surface area contributed by atoms with E-state index in [1.165, 1.54) is 0 Å². The maximum absolute atomic E-state index is 15.8. The quantitative estimate of drug-likeness (QED) is 0.141. The van der Waals surface area contributed by atoms with Crippen LogP contribution in [-0.4, -0.2) is 57.7 Å². The Hall–Kier alpha value is -4.47. The van der Waals surface area contributed by atoms with Gasteiger partial charge in [-0.25, -0.2) is 13.7 Å². The lowest BCUT2D eigenvalue weighted by atomic mass is 9.91. The number of aryl methyl sites for hydroxylation is 2. The van der Waals surface area contributed by atoms with Crippen molar-refractivity contribution in [3.63, 3.8) is 0 Å². The molecule has 8 nitrogen and oxygen atoms in total. The molecule has 0 saturated carbocycles. The number of aromatic nitrogens is 2. The van der Waals surface area contributed by atoms with Crippen molar-refractivity contribution in [2.45, 2.75) is 91.1 Å². The zero-order valence-electron chi connectivity index (χ0n) is 30.4. The van der Waals surface area contributed by atoms with Crippen LogP contribution in [0.4, 0.5) is 10.1 Å². The summed E-state index contributed by atoms with van der Waals surface area (Å²) in [6.45, 7) is 22.6. The van der Waals surface area contributed by atoms with Gasteiger partial charge in [0.25, 0.3) is 0 Å². The largest absolute Gasteiger partial charge is 0.490 e. The molecule has 0 radical (unpaired) electrons. The number of nitrogens with zero attached hydrogens (tertiary/aromatic N) is 3. The molecule has 1 N–H and O–H groups in total. The molecule has 3 heterocycles. The van der Waals surface area contributed by atoms with Gasteiger partial charge >= 0.3 is 5.97 Å². The summed E-state index contributed by atoms with van der Waals surface area (Å²) < 4.78 is 36.2. The van der Waals surface area contributed by atoms with Gasteiger partial charge in [0.1, 0.15) is 11.6 Å². The number of anilines is 1. The highest BCUT2D eigenvalue weighted by Crippen LogP contribution is 2.42. The van der Waals surface area contributed by atoms with E-state index < -0.39 is 17.7 Å². The van der Waals surface area contributed by atoms with Crippen LogP contribution >= 0.6 is 0 Å². The molecule has 1 aliphatic heterocycles. The number of carboxylic acids is 1. The summed E-state index contributed by atoms with van der Waals surface area (Å²) >= 11 is 0. The SMILES string of the molecule is C=CCOC1(C)CCN(c2c(C(OC(C)(C)C)C(=O)O)c(C)cn3nc(-c4cccc(-c5c(OC(C)CC=C)ccc(C)c5F)c4)cc23)CC1. The zero-order valence-corrected chi connectivity index (χ0v) is 30.4. The second-order valence-corrected chi connectivity index (χ2v) is 14.5. The van der Waals surface area contributed by atoms with Crippen LogP contribution in [0.2, 0.25) is 0 Å². The van der Waals surface area contributed by atoms with E-state index in [-0.39, 0.29) is 17.5 Å². The van der Waals surface area contributed by atoms with E-state index in [4.69, 9.17) is 19.3 Å². The Bertz CT molecular complexity index is 1880. The minimum Gasteiger partial charge on any atom is -0.490 e. The standard InChI is InChI=1S/C41H50FN3O5/c1-10-13-28(5)49-33-17-16-26(3)36(42)35(33)30-15-12-14-29(23-30)31-24-32-37(44-20-18-41(9,19-21-44)48-22-11-2)34(27(4)25-45(32)43-31)38(39(46)47)50-40(6,7)8/h10-12,14-17,23-25,28,38H,1-2,13,18-22H2,3-9H3,(H,46,47). The first kappa shape index (κ1) is 36.8. The number of carboxylic acid groups (broad SMARTS) is 1. The molecule has 2 atom stereocenters. The molecule has 2 aromatic heterocycles. The molecule has 50 heavy (non-hydrogen) atoms. The fourth-order valence-electron chi connectivity index (χ4n) is 6.61. The van der Waals surface area contributed by atoms with Crippen molar-refractivity contribution in [1.82, 2.24) is 9.61 Å². The molecule has 266 valence electrons. The Morgan fingerprint density at radius 3 is 2.42 bits per heavy atom. The van der Waals surface area contributed by atoms with Gasteiger partial charge in [0.05, 0.1) is 46.4 Å². The van der Waals surface area contributed by atoms with Gasteiger partial charge in [-0.2, -0.15) is 5.10 Å². The van der Waals surface area contributed by atoms with Gasteiger partial charge in [-0.05, 0) is 96.2 Å². The van der Waals surface area contributed by atoms with Crippen LogP contribution in [0, 0.1) is 19.7 Å². The number of ether oxygens (including phenoxy) is 3. The van der Waals surface area contributed by atoms with E-state index in [1.807, 2.05) is 81.7 Å². The smallest absolute Gasteiger partial charge is 0.337 e. The highest BCUT2D eigenvalue weighted by molar-refractivity contribution is 5.87. The molecular formula is C41H50FN3O5. The summed E-state index contributed by atoms with van der Waals surface area (Å²) in [6, 6.07) is 13.1. The normalized spacial score (nSPS) is 15.9. The van der Waals surface area contributed by atoms with Gasteiger partial charge in [0, 0.05) is 36.8 Å². The van der Waals surface area contributed by atoms with E-state index in [0.29, 0.717) is 59.8 Å². The van der Waals surface area contributed by atoms with Crippen LogP contribution in [0.5, 0.6) is 5.75 Å². The van der Waals surface area contributed by atoms with Crippen LogP contribution in [-0.2, 0) is 14.3 Å². The summed E-state index contributed by atoms with van der Waals surface area (Å²) in [6.07, 6.45) is 6.15. The van der Waals surface area contributed by atoms with Crippen molar-refractivity contribution in [2.24, 2.45) is 0 Å².